The van der Waals surface area contributed by atoms with Crippen LogP contribution in [0.25, 0.3) is 0 Å². The molecule has 0 saturated carbocycles. The van der Waals surface area contributed by atoms with E-state index in [-0.39, 0.29) is 15.8 Å². The van der Waals surface area contributed by atoms with E-state index in [1.165, 1.54) is 10.4 Å². The molecule has 0 aliphatic carbocycles. The predicted octanol–water partition coefficient (Wildman–Crippen LogP) is 6.55. The van der Waals surface area contributed by atoms with Crippen molar-refractivity contribution in [1.29, 1.82) is 0 Å². The third kappa shape index (κ3) is 7.06. The van der Waals surface area contributed by atoms with Crippen molar-refractivity contribution in [2.24, 2.45) is 0 Å². The molecule has 5 heteroatoms. The Morgan fingerprint density at radius 1 is 0.706 bits per heavy atom. The zero-order chi connectivity index (χ0) is 24.4. The first kappa shape index (κ1) is 26.7. The Morgan fingerprint density at radius 3 is 1.62 bits per heavy atom. The van der Waals surface area contributed by atoms with Crippen LogP contribution in [0.4, 0.5) is 0 Å². The van der Waals surface area contributed by atoms with Gasteiger partial charge in [0.15, 0.2) is 0 Å². The van der Waals surface area contributed by atoms with E-state index in [9.17, 15) is 0 Å². The molecule has 0 aliphatic rings. The number of benzene rings is 3. The highest BCUT2D eigenvalue weighted by atomic mass is 35.5. The van der Waals surface area contributed by atoms with Gasteiger partial charge < -0.3 is 9.16 Å². The number of hydrogen-bond acceptors (Lipinski definition) is 2. The van der Waals surface area contributed by atoms with Crippen LogP contribution in [0, 0.1) is 0 Å². The molecule has 0 aliphatic heterocycles. The van der Waals surface area contributed by atoms with Gasteiger partial charge in [-0.2, -0.15) is 0 Å². The number of hydrogen-bond donors (Lipinski definition) is 0. The maximum Gasteiger partial charge on any atom is 0.261 e. The van der Waals surface area contributed by atoms with E-state index in [0.29, 0.717) is 19.8 Å². The van der Waals surface area contributed by atoms with Crippen LogP contribution in [0.5, 0.6) is 0 Å². The molecule has 3 aromatic carbocycles. The summed E-state index contributed by atoms with van der Waals surface area (Å²) in [6, 6.07) is 31.2. The van der Waals surface area contributed by atoms with Gasteiger partial charge in [0, 0.05) is 0 Å². The predicted molar refractivity (Wildman–Crippen MR) is 148 cm³/mol. The minimum atomic E-state index is -2.60. The lowest BCUT2D eigenvalue weighted by atomic mass is 10.2. The van der Waals surface area contributed by atoms with Crippen LogP contribution in [-0.2, 0) is 15.8 Å². The highest BCUT2D eigenvalue weighted by Gasteiger charge is 2.50. The van der Waals surface area contributed by atoms with Crippen LogP contribution in [0.1, 0.15) is 26.3 Å². The molecule has 0 radical (unpaired) electrons. The zero-order valence-electron chi connectivity index (χ0n) is 20.2. The van der Waals surface area contributed by atoms with Crippen molar-refractivity contribution < 1.29 is 9.16 Å². The monoisotopic (exact) mass is 512 g/mol. The van der Waals surface area contributed by atoms with Gasteiger partial charge in [0.1, 0.15) is 0 Å². The van der Waals surface area contributed by atoms with Crippen molar-refractivity contribution in [2.75, 3.05) is 13.2 Å². The Kier molecular flexibility index (Phi) is 9.99. The molecule has 34 heavy (non-hydrogen) atoms. The van der Waals surface area contributed by atoms with Crippen LogP contribution in [0.15, 0.2) is 103 Å². The standard InChI is InChI=1S/C29H34Cl2O2Si/c1-29(2,3)34(27-15-9-5-10-16-27,28-17-11-6-12-18-28)33-23-26(31)20-19-25(30)22-32-21-24-13-7-4-8-14-24/h4-20,25-26H,21-23H2,1-3H3/b20-19-. The molecular weight excluding hydrogens is 479 g/mol. The molecule has 0 amide bonds. The van der Waals surface area contributed by atoms with Gasteiger partial charge in [0.05, 0.1) is 30.6 Å². The first-order valence-electron chi connectivity index (χ1n) is 11.7. The van der Waals surface area contributed by atoms with Crippen LogP contribution >= 0.6 is 23.2 Å². The van der Waals surface area contributed by atoms with E-state index in [1.54, 1.807) is 0 Å². The minimum absolute atomic E-state index is 0.0870. The summed E-state index contributed by atoms with van der Waals surface area (Å²) >= 11 is 13.1. The third-order valence-electron chi connectivity index (χ3n) is 5.79. The summed E-state index contributed by atoms with van der Waals surface area (Å²) < 4.78 is 12.6. The van der Waals surface area contributed by atoms with Crippen LogP contribution in [-0.4, -0.2) is 32.3 Å². The summed E-state index contributed by atoms with van der Waals surface area (Å²) in [5.74, 6) is 0. The summed E-state index contributed by atoms with van der Waals surface area (Å²) in [5.41, 5.74) is 1.13. The molecule has 0 saturated heterocycles. The SMILES string of the molecule is CC(C)(C)[Si](OCC(Cl)/C=C\C(Cl)COCc1ccccc1)(c1ccccc1)c1ccccc1. The summed E-state index contributed by atoms with van der Waals surface area (Å²) in [4.78, 5) is 0. The third-order valence-corrected chi connectivity index (χ3v) is 11.3. The second-order valence-electron chi connectivity index (χ2n) is 9.39. The van der Waals surface area contributed by atoms with E-state index in [1.807, 2.05) is 54.6 Å². The highest BCUT2D eigenvalue weighted by Crippen LogP contribution is 2.37. The van der Waals surface area contributed by atoms with Gasteiger partial charge in [-0.1, -0.05) is 124 Å². The van der Waals surface area contributed by atoms with Gasteiger partial charge in [-0.3, -0.25) is 0 Å². The fourth-order valence-electron chi connectivity index (χ4n) is 4.18. The van der Waals surface area contributed by atoms with Crippen molar-refractivity contribution in [3.05, 3.63) is 109 Å². The molecule has 3 aromatic rings. The number of ether oxygens (including phenoxy) is 1. The van der Waals surface area contributed by atoms with E-state index in [4.69, 9.17) is 32.4 Å². The van der Waals surface area contributed by atoms with Gasteiger partial charge in [-0.25, -0.2) is 0 Å². The molecule has 3 rings (SSSR count). The summed E-state index contributed by atoms with van der Waals surface area (Å²) in [7, 11) is -2.60. The molecule has 2 unspecified atom stereocenters. The smallest absolute Gasteiger partial charge is 0.261 e. The van der Waals surface area contributed by atoms with Gasteiger partial charge in [0.25, 0.3) is 8.32 Å². The van der Waals surface area contributed by atoms with Crippen molar-refractivity contribution >= 4 is 41.9 Å². The van der Waals surface area contributed by atoms with Gasteiger partial charge in [0.2, 0.25) is 0 Å². The molecule has 2 atom stereocenters. The van der Waals surface area contributed by atoms with Gasteiger partial charge in [-0.15, -0.1) is 23.2 Å². The first-order valence-corrected chi connectivity index (χ1v) is 14.4. The lowest BCUT2D eigenvalue weighted by Crippen LogP contribution is -2.67. The largest absolute Gasteiger partial charge is 0.406 e. The molecule has 0 aromatic heterocycles. The minimum Gasteiger partial charge on any atom is -0.406 e. The Bertz CT molecular complexity index is 965. The summed E-state index contributed by atoms with van der Waals surface area (Å²) in [6.07, 6.45) is 3.82. The van der Waals surface area contributed by atoms with Crippen LogP contribution < -0.4 is 10.4 Å². The highest BCUT2D eigenvalue weighted by molar-refractivity contribution is 6.99. The van der Waals surface area contributed by atoms with Crippen molar-refractivity contribution in [3.63, 3.8) is 0 Å². The quantitative estimate of drug-likeness (QED) is 0.164. The summed E-state index contributed by atoms with van der Waals surface area (Å²) in [5, 5.41) is 1.85. The van der Waals surface area contributed by atoms with Crippen molar-refractivity contribution in [1.82, 2.24) is 0 Å². The topological polar surface area (TPSA) is 18.5 Å². The Morgan fingerprint density at radius 2 is 1.15 bits per heavy atom. The average molecular weight is 514 g/mol. The van der Waals surface area contributed by atoms with E-state index >= 15 is 0 Å². The Labute approximate surface area is 215 Å². The molecular formula is C29H34Cl2O2Si. The van der Waals surface area contributed by atoms with Crippen molar-refractivity contribution in [3.8, 4) is 0 Å². The molecule has 180 valence electrons. The van der Waals surface area contributed by atoms with Crippen LogP contribution in [0.2, 0.25) is 5.04 Å². The number of halogens is 2. The molecule has 0 spiro atoms. The molecule has 0 fully saturated rings. The summed E-state index contributed by atoms with van der Waals surface area (Å²) in [6.45, 7) is 8.15. The normalized spacial score (nSPS) is 14.3. The Balaban J connectivity index is 1.68. The van der Waals surface area contributed by atoms with Crippen molar-refractivity contribution in [2.45, 2.75) is 43.2 Å². The van der Waals surface area contributed by atoms with Gasteiger partial charge in [-0.05, 0) is 21.0 Å². The number of alkyl halides is 2. The molecule has 0 bridgehead atoms. The lowest BCUT2D eigenvalue weighted by Gasteiger charge is -2.43. The Hall–Kier alpha value is -1.88. The maximum atomic E-state index is 6.88. The molecule has 0 heterocycles. The fraction of sp³-hybridized carbons (Fsp3) is 0.310. The van der Waals surface area contributed by atoms with E-state index in [2.05, 4.69) is 69.3 Å². The van der Waals surface area contributed by atoms with E-state index in [0.717, 1.165) is 5.56 Å². The number of rotatable bonds is 11. The fourth-order valence-corrected chi connectivity index (χ4v) is 9.19. The van der Waals surface area contributed by atoms with E-state index < -0.39 is 8.32 Å². The average Bonchev–Trinajstić information content (AvgIpc) is 2.84. The second-order valence-corrected chi connectivity index (χ2v) is 14.8. The first-order chi connectivity index (χ1) is 16.3. The maximum absolute atomic E-state index is 6.88. The molecule has 0 N–H and O–H groups in total. The molecule has 2 nitrogen and oxygen atoms in total. The lowest BCUT2D eigenvalue weighted by molar-refractivity contribution is 0.127. The van der Waals surface area contributed by atoms with Crippen LogP contribution in [0.3, 0.4) is 0 Å². The second kappa shape index (κ2) is 12.7. The zero-order valence-corrected chi connectivity index (χ0v) is 22.7. The van der Waals surface area contributed by atoms with Gasteiger partial charge >= 0.3 is 0 Å².